The predicted octanol–water partition coefficient (Wildman–Crippen LogP) is 4.29. The molecule has 20 heavy (non-hydrogen) atoms. The number of hydrogen-bond donors (Lipinski definition) is 0. The molecule has 5 heteroatoms. The average Bonchev–Trinajstić information content (AvgIpc) is 2.46. The lowest BCUT2D eigenvalue weighted by Gasteiger charge is -2.16. The summed E-state index contributed by atoms with van der Waals surface area (Å²) in [4.78, 5) is 17.1. The highest BCUT2D eigenvalue weighted by Crippen LogP contribution is 2.33. The molecule has 0 aliphatic heterocycles. The molecule has 0 fully saturated rings. The summed E-state index contributed by atoms with van der Waals surface area (Å²) in [7, 11) is 2.94. The summed E-state index contributed by atoms with van der Waals surface area (Å²) in [5.41, 5.74) is 2.02. The van der Waals surface area contributed by atoms with Crippen molar-refractivity contribution < 1.29 is 9.63 Å². The Bertz CT molecular complexity index is 629. The lowest BCUT2D eigenvalue weighted by molar-refractivity contribution is -0.0756. The van der Waals surface area contributed by atoms with Gasteiger partial charge in [0.15, 0.2) is 0 Å². The van der Waals surface area contributed by atoms with E-state index in [1.807, 2.05) is 30.3 Å². The maximum atomic E-state index is 12.2. The summed E-state index contributed by atoms with van der Waals surface area (Å²) in [6, 6.07) is 12.8. The maximum absolute atomic E-state index is 12.2. The number of halogens is 2. The standard InChI is InChI=1S/C15H13Cl2NO2/c1-18(20-2)15(19)12-8-11(13(16)9-14(12)17)10-6-4-3-5-7-10/h3-9H,1-2H3. The van der Waals surface area contributed by atoms with E-state index in [0.29, 0.717) is 15.6 Å². The van der Waals surface area contributed by atoms with Crippen LogP contribution in [0.4, 0.5) is 0 Å². The van der Waals surface area contributed by atoms with Crippen LogP contribution in [-0.4, -0.2) is 25.1 Å². The van der Waals surface area contributed by atoms with Crippen LogP contribution >= 0.6 is 23.2 Å². The third-order valence-electron chi connectivity index (χ3n) is 2.93. The molecular weight excluding hydrogens is 297 g/mol. The van der Waals surface area contributed by atoms with E-state index in [0.717, 1.165) is 16.2 Å². The molecule has 0 aliphatic rings. The molecule has 0 aliphatic carbocycles. The van der Waals surface area contributed by atoms with Crippen LogP contribution in [0.1, 0.15) is 10.4 Å². The molecule has 0 atom stereocenters. The Morgan fingerprint density at radius 3 is 2.35 bits per heavy atom. The van der Waals surface area contributed by atoms with Gasteiger partial charge in [0.25, 0.3) is 5.91 Å². The monoisotopic (exact) mass is 309 g/mol. The van der Waals surface area contributed by atoms with Crippen LogP contribution in [0.3, 0.4) is 0 Å². The second-order valence-corrected chi connectivity index (χ2v) is 4.98. The minimum atomic E-state index is -0.327. The first-order valence-corrected chi connectivity index (χ1v) is 6.67. The Balaban J connectivity index is 2.53. The number of nitrogens with zero attached hydrogens (tertiary/aromatic N) is 1. The number of hydrogen-bond acceptors (Lipinski definition) is 2. The van der Waals surface area contributed by atoms with Gasteiger partial charge in [-0.1, -0.05) is 53.5 Å². The Hall–Kier alpha value is -1.55. The molecule has 0 aromatic heterocycles. The van der Waals surface area contributed by atoms with E-state index in [1.54, 1.807) is 12.1 Å². The smallest absolute Gasteiger partial charge is 0.274 e. The van der Waals surface area contributed by atoms with Gasteiger partial charge in [-0.05, 0) is 17.7 Å². The fraction of sp³-hybridized carbons (Fsp3) is 0.133. The maximum Gasteiger partial charge on any atom is 0.278 e. The Kier molecular flexibility index (Phi) is 4.65. The van der Waals surface area contributed by atoms with E-state index >= 15 is 0 Å². The zero-order valence-electron chi connectivity index (χ0n) is 11.1. The minimum Gasteiger partial charge on any atom is -0.274 e. The van der Waals surface area contributed by atoms with Crippen LogP contribution in [-0.2, 0) is 4.84 Å². The van der Waals surface area contributed by atoms with Crippen molar-refractivity contribution in [3.63, 3.8) is 0 Å². The van der Waals surface area contributed by atoms with Crippen molar-refractivity contribution in [2.75, 3.05) is 14.2 Å². The van der Waals surface area contributed by atoms with Crippen LogP contribution in [0.25, 0.3) is 11.1 Å². The molecule has 3 nitrogen and oxygen atoms in total. The van der Waals surface area contributed by atoms with Crippen molar-refractivity contribution in [1.29, 1.82) is 0 Å². The molecule has 0 bridgehead atoms. The highest BCUT2D eigenvalue weighted by Gasteiger charge is 2.18. The van der Waals surface area contributed by atoms with Gasteiger partial charge < -0.3 is 0 Å². The number of rotatable bonds is 3. The first-order chi connectivity index (χ1) is 9.54. The Morgan fingerprint density at radius 2 is 1.75 bits per heavy atom. The molecule has 0 saturated heterocycles. The lowest BCUT2D eigenvalue weighted by Crippen LogP contribution is -2.25. The molecule has 0 unspecified atom stereocenters. The van der Waals surface area contributed by atoms with Gasteiger partial charge in [-0.25, -0.2) is 5.06 Å². The summed E-state index contributed by atoms with van der Waals surface area (Å²) >= 11 is 12.3. The van der Waals surface area contributed by atoms with Crippen LogP contribution in [0, 0.1) is 0 Å². The third-order valence-corrected chi connectivity index (χ3v) is 3.56. The van der Waals surface area contributed by atoms with E-state index in [4.69, 9.17) is 28.0 Å². The van der Waals surface area contributed by atoms with Gasteiger partial charge in [-0.2, -0.15) is 0 Å². The van der Waals surface area contributed by atoms with Crippen molar-refractivity contribution in [3.05, 3.63) is 58.1 Å². The Morgan fingerprint density at radius 1 is 1.10 bits per heavy atom. The number of carbonyl (C=O) groups excluding carboxylic acids is 1. The van der Waals surface area contributed by atoms with Gasteiger partial charge in [0.1, 0.15) is 0 Å². The highest BCUT2D eigenvalue weighted by atomic mass is 35.5. The lowest BCUT2D eigenvalue weighted by atomic mass is 10.0. The molecule has 104 valence electrons. The normalized spacial score (nSPS) is 10.4. The molecule has 1 amide bonds. The SMILES string of the molecule is CON(C)C(=O)c1cc(-c2ccccc2)c(Cl)cc1Cl. The second kappa shape index (κ2) is 6.27. The van der Waals surface area contributed by atoms with E-state index < -0.39 is 0 Å². The second-order valence-electron chi connectivity index (χ2n) is 4.16. The van der Waals surface area contributed by atoms with Crippen molar-refractivity contribution >= 4 is 29.1 Å². The van der Waals surface area contributed by atoms with Crippen molar-refractivity contribution in [3.8, 4) is 11.1 Å². The van der Waals surface area contributed by atoms with Gasteiger partial charge in [0.2, 0.25) is 0 Å². The zero-order chi connectivity index (χ0) is 14.7. The van der Waals surface area contributed by atoms with Gasteiger partial charge in [-0.15, -0.1) is 0 Å². The van der Waals surface area contributed by atoms with E-state index in [1.165, 1.54) is 14.2 Å². The van der Waals surface area contributed by atoms with Gasteiger partial charge >= 0.3 is 0 Å². The van der Waals surface area contributed by atoms with Crippen LogP contribution < -0.4 is 0 Å². The summed E-state index contributed by atoms with van der Waals surface area (Å²) in [6.07, 6.45) is 0. The predicted molar refractivity (Wildman–Crippen MR) is 81.0 cm³/mol. The van der Waals surface area contributed by atoms with Crippen LogP contribution in [0.15, 0.2) is 42.5 Å². The summed E-state index contributed by atoms with van der Waals surface area (Å²) in [6.45, 7) is 0. The van der Waals surface area contributed by atoms with E-state index in [9.17, 15) is 4.79 Å². The third kappa shape index (κ3) is 2.96. The molecule has 2 rings (SSSR count). The zero-order valence-corrected chi connectivity index (χ0v) is 12.6. The topological polar surface area (TPSA) is 29.5 Å². The van der Waals surface area contributed by atoms with Crippen molar-refractivity contribution in [2.45, 2.75) is 0 Å². The van der Waals surface area contributed by atoms with E-state index in [2.05, 4.69) is 0 Å². The number of carbonyl (C=O) groups is 1. The Labute approximate surface area is 127 Å². The van der Waals surface area contributed by atoms with Gasteiger partial charge in [0, 0.05) is 17.6 Å². The fourth-order valence-electron chi connectivity index (χ4n) is 1.80. The number of hydroxylamine groups is 2. The number of benzene rings is 2. The first-order valence-electron chi connectivity index (χ1n) is 5.91. The van der Waals surface area contributed by atoms with Crippen molar-refractivity contribution in [2.24, 2.45) is 0 Å². The average molecular weight is 310 g/mol. The first kappa shape index (κ1) is 14.9. The molecule has 0 radical (unpaired) electrons. The van der Waals surface area contributed by atoms with Crippen LogP contribution in [0.2, 0.25) is 10.0 Å². The summed E-state index contributed by atoms with van der Waals surface area (Å²) in [5.74, 6) is -0.327. The molecule has 0 saturated carbocycles. The molecular formula is C15H13Cl2NO2. The van der Waals surface area contributed by atoms with Gasteiger partial charge in [-0.3, -0.25) is 9.63 Å². The van der Waals surface area contributed by atoms with Crippen LogP contribution in [0.5, 0.6) is 0 Å². The molecule has 0 heterocycles. The summed E-state index contributed by atoms with van der Waals surface area (Å²) in [5, 5.41) is 1.91. The fourth-order valence-corrected chi connectivity index (χ4v) is 2.38. The highest BCUT2D eigenvalue weighted by molar-refractivity contribution is 6.38. The van der Waals surface area contributed by atoms with Gasteiger partial charge in [0.05, 0.1) is 17.7 Å². The quantitative estimate of drug-likeness (QED) is 0.791. The molecule has 2 aromatic carbocycles. The largest absolute Gasteiger partial charge is 0.278 e. The van der Waals surface area contributed by atoms with E-state index in [-0.39, 0.29) is 5.91 Å². The number of amides is 1. The molecule has 0 spiro atoms. The van der Waals surface area contributed by atoms with Crippen molar-refractivity contribution in [1.82, 2.24) is 5.06 Å². The molecule has 0 N–H and O–H groups in total. The summed E-state index contributed by atoms with van der Waals surface area (Å²) < 4.78 is 0. The minimum absolute atomic E-state index is 0.295. The molecule has 2 aromatic rings.